The van der Waals surface area contributed by atoms with E-state index in [9.17, 15) is 0 Å². The first kappa shape index (κ1) is 14.3. The fourth-order valence-corrected chi connectivity index (χ4v) is 3.15. The summed E-state index contributed by atoms with van der Waals surface area (Å²) in [5.74, 6) is 2.64. The van der Waals surface area contributed by atoms with Gasteiger partial charge in [0.2, 0.25) is 0 Å². The van der Waals surface area contributed by atoms with Crippen LogP contribution < -0.4 is 10.1 Å². The molecule has 2 rings (SSSR count). The van der Waals surface area contributed by atoms with Crippen LogP contribution in [0.3, 0.4) is 0 Å². The Morgan fingerprint density at radius 2 is 2.26 bits per heavy atom. The molecule has 1 heterocycles. The van der Waals surface area contributed by atoms with E-state index < -0.39 is 0 Å². The largest absolute Gasteiger partial charge is 0.495 e. The van der Waals surface area contributed by atoms with E-state index in [4.69, 9.17) is 9.73 Å². The highest BCUT2D eigenvalue weighted by atomic mass is 32.2. The minimum Gasteiger partial charge on any atom is -0.495 e. The summed E-state index contributed by atoms with van der Waals surface area (Å²) in [5, 5.41) is 4.40. The molecular formula is C15H22N2OS. The lowest BCUT2D eigenvalue weighted by molar-refractivity contribution is 0.417. The first-order valence-electron chi connectivity index (χ1n) is 6.70. The summed E-state index contributed by atoms with van der Waals surface area (Å²) >= 11 is 1.80. The molecule has 19 heavy (non-hydrogen) atoms. The van der Waals surface area contributed by atoms with Crippen molar-refractivity contribution in [3.63, 3.8) is 0 Å². The zero-order valence-electron chi connectivity index (χ0n) is 12.1. The molecule has 0 saturated carbocycles. The lowest BCUT2D eigenvalue weighted by Gasteiger charge is -2.11. The quantitative estimate of drug-likeness (QED) is 0.906. The lowest BCUT2D eigenvalue weighted by Crippen LogP contribution is -2.08. The summed E-state index contributed by atoms with van der Waals surface area (Å²) in [4.78, 5) is 4.74. The molecule has 3 nitrogen and oxygen atoms in total. The Labute approximate surface area is 119 Å². The number of aliphatic imine (C=N–C) groups is 1. The lowest BCUT2D eigenvalue weighted by atomic mass is 10.1. The Hall–Kier alpha value is -1.16. The third-order valence-corrected chi connectivity index (χ3v) is 4.08. The monoisotopic (exact) mass is 278 g/mol. The van der Waals surface area contributed by atoms with Gasteiger partial charge in [-0.25, -0.2) is 0 Å². The van der Waals surface area contributed by atoms with E-state index in [1.165, 1.54) is 5.56 Å². The Morgan fingerprint density at radius 3 is 2.95 bits per heavy atom. The number of nitrogens with one attached hydrogen (secondary N) is 1. The second kappa shape index (κ2) is 6.33. The van der Waals surface area contributed by atoms with E-state index in [-0.39, 0.29) is 0 Å². The first-order valence-corrected chi connectivity index (χ1v) is 7.69. The van der Waals surface area contributed by atoms with Crippen molar-refractivity contribution >= 4 is 22.6 Å². The number of methoxy groups -OCH3 is 1. The van der Waals surface area contributed by atoms with Gasteiger partial charge < -0.3 is 10.1 Å². The molecule has 1 aromatic rings. The van der Waals surface area contributed by atoms with Crippen molar-refractivity contribution in [3.8, 4) is 5.75 Å². The van der Waals surface area contributed by atoms with Gasteiger partial charge in [0.1, 0.15) is 5.75 Å². The average Bonchev–Trinajstić information content (AvgIpc) is 2.76. The third-order valence-electron chi connectivity index (χ3n) is 3.05. The highest BCUT2D eigenvalue weighted by Gasteiger charge is 2.20. The van der Waals surface area contributed by atoms with Gasteiger partial charge in [0, 0.05) is 5.75 Å². The molecule has 1 aliphatic heterocycles. The highest BCUT2D eigenvalue weighted by Crippen LogP contribution is 2.29. The van der Waals surface area contributed by atoms with Crippen molar-refractivity contribution in [2.45, 2.75) is 33.2 Å². The zero-order valence-corrected chi connectivity index (χ0v) is 12.9. The molecule has 1 unspecified atom stereocenters. The Kier molecular flexibility index (Phi) is 4.75. The van der Waals surface area contributed by atoms with Gasteiger partial charge >= 0.3 is 0 Å². The summed E-state index contributed by atoms with van der Waals surface area (Å²) in [6, 6.07) is 6.58. The maximum Gasteiger partial charge on any atom is 0.161 e. The molecule has 104 valence electrons. The Morgan fingerprint density at radius 1 is 1.47 bits per heavy atom. The number of thioether (sulfide) groups is 1. The Bertz CT molecular complexity index is 471. The van der Waals surface area contributed by atoms with Crippen LogP contribution in [0.4, 0.5) is 5.69 Å². The van der Waals surface area contributed by atoms with Crippen molar-refractivity contribution in [3.05, 3.63) is 23.8 Å². The summed E-state index contributed by atoms with van der Waals surface area (Å²) < 4.78 is 5.38. The van der Waals surface area contributed by atoms with Crippen LogP contribution in [0.5, 0.6) is 5.75 Å². The minimum atomic E-state index is 0.448. The fraction of sp³-hybridized carbons (Fsp3) is 0.533. The molecule has 0 spiro atoms. The smallest absolute Gasteiger partial charge is 0.161 e. The van der Waals surface area contributed by atoms with Crippen molar-refractivity contribution in [2.24, 2.45) is 10.9 Å². The maximum absolute atomic E-state index is 5.38. The third kappa shape index (κ3) is 3.90. The van der Waals surface area contributed by atoms with Crippen LogP contribution in [0.1, 0.15) is 25.8 Å². The molecule has 0 aliphatic carbocycles. The second-order valence-corrected chi connectivity index (χ2v) is 6.37. The molecule has 0 saturated heterocycles. The predicted molar refractivity (Wildman–Crippen MR) is 84.5 cm³/mol. The van der Waals surface area contributed by atoms with Crippen molar-refractivity contribution in [1.82, 2.24) is 0 Å². The molecule has 4 heteroatoms. The standard InChI is InChI=1S/C15H22N2OS/c1-10(2)7-12-9-19-15(16-12)17-13-8-11(3)5-6-14(13)18-4/h5-6,8,10,12H,7,9H2,1-4H3,(H,16,17). The number of aryl methyl sites for hydroxylation is 1. The van der Waals surface area contributed by atoms with Gasteiger partial charge in [0.15, 0.2) is 5.17 Å². The summed E-state index contributed by atoms with van der Waals surface area (Å²) in [5.41, 5.74) is 2.21. The van der Waals surface area contributed by atoms with Gasteiger partial charge in [-0.1, -0.05) is 31.7 Å². The Balaban J connectivity index is 2.07. The van der Waals surface area contributed by atoms with Gasteiger partial charge in [0.05, 0.1) is 18.8 Å². The molecule has 1 N–H and O–H groups in total. The molecule has 1 atom stereocenters. The number of rotatable bonds is 4. The van der Waals surface area contributed by atoms with Crippen LogP contribution in [0.25, 0.3) is 0 Å². The number of ether oxygens (including phenoxy) is 1. The van der Waals surface area contributed by atoms with E-state index in [1.807, 2.05) is 6.07 Å². The normalized spacial score (nSPS) is 18.6. The molecular weight excluding hydrogens is 256 g/mol. The van der Waals surface area contributed by atoms with Crippen LogP contribution in [0, 0.1) is 12.8 Å². The van der Waals surface area contributed by atoms with Crippen molar-refractivity contribution < 1.29 is 4.74 Å². The number of benzene rings is 1. The van der Waals surface area contributed by atoms with E-state index in [1.54, 1.807) is 18.9 Å². The van der Waals surface area contributed by atoms with E-state index in [2.05, 4.69) is 38.2 Å². The molecule has 0 radical (unpaired) electrons. The first-order chi connectivity index (χ1) is 9.08. The molecule has 0 bridgehead atoms. The van der Waals surface area contributed by atoms with E-state index >= 15 is 0 Å². The molecule has 1 aliphatic rings. The number of nitrogens with zero attached hydrogens (tertiary/aromatic N) is 1. The maximum atomic E-state index is 5.38. The van der Waals surface area contributed by atoms with Crippen molar-refractivity contribution in [1.29, 1.82) is 0 Å². The minimum absolute atomic E-state index is 0.448. The topological polar surface area (TPSA) is 33.6 Å². The van der Waals surface area contributed by atoms with Gasteiger partial charge in [-0.3, -0.25) is 4.99 Å². The fourth-order valence-electron chi connectivity index (χ4n) is 2.18. The molecule has 0 aromatic heterocycles. The molecule has 1 aromatic carbocycles. The molecule has 0 amide bonds. The van der Waals surface area contributed by atoms with Gasteiger partial charge in [-0.2, -0.15) is 0 Å². The van der Waals surface area contributed by atoms with Gasteiger partial charge in [-0.05, 0) is 37.0 Å². The van der Waals surface area contributed by atoms with Crippen LogP contribution in [0.2, 0.25) is 0 Å². The van der Waals surface area contributed by atoms with Crippen molar-refractivity contribution in [2.75, 3.05) is 18.2 Å². The predicted octanol–water partition coefficient (Wildman–Crippen LogP) is 3.93. The van der Waals surface area contributed by atoms with Crippen LogP contribution in [0.15, 0.2) is 23.2 Å². The highest BCUT2D eigenvalue weighted by molar-refractivity contribution is 8.14. The van der Waals surface area contributed by atoms with Crippen LogP contribution in [-0.2, 0) is 0 Å². The number of hydrogen-bond acceptors (Lipinski definition) is 4. The summed E-state index contributed by atoms with van der Waals surface area (Å²) in [6.45, 7) is 6.57. The summed E-state index contributed by atoms with van der Waals surface area (Å²) in [6.07, 6.45) is 1.16. The number of hydrogen-bond donors (Lipinski definition) is 1. The number of anilines is 1. The van der Waals surface area contributed by atoms with Gasteiger partial charge in [0.25, 0.3) is 0 Å². The molecule has 0 fully saturated rings. The second-order valence-electron chi connectivity index (χ2n) is 5.36. The summed E-state index contributed by atoms with van der Waals surface area (Å²) in [7, 11) is 1.70. The average molecular weight is 278 g/mol. The van der Waals surface area contributed by atoms with Gasteiger partial charge in [-0.15, -0.1) is 0 Å². The van der Waals surface area contributed by atoms with Crippen LogP contribution >= 0.6 is 11.8 Å². The zero-order chi connectivity index (χ0) is 13.8. The number of amidine groups is 1. The SMILES string of the molecule is COc1ccc(C)cc1NC1=NC(CC(C)C)CS1. The van der Waals surface area contributed by atoms with E-state index in [0.717, 1.165) is 28.8 Å². The van der Waals surface area contributed by atoms with E-state index in [0.29, 0.717) is 12.0 Å². The van der Waals surface area contributed by atoms with Crippen LogP contribution in [-0.4, -0.2) is 24.1 Å².